The van der Waals surface area contributed by atoms with Crippen LogP contribution in [0.25, 0.3) is 0 Å². The van der Waals surface area contributed by atoms with Crippen molar-refractivity contribution in [2.24, 2.45) is 5.92 Å². The number of benzene rings is 1. The lowest BCUT2D eigenvalue weighted by Crippen LogP contribution is -2.18. The highest BCUT2D eigenvalue weighted by Gasteiger charge is 2.14. The lowest BCUT2D eigenvalue weighted by Gasteiger charge is -2.18. The second-order valence-corrected chi connectivity index (χ2v) is 6.58. The van der Waals surface area contributed by atoms with Gasteiger partial charge in [-0.3, -0.25) is 4.79 Å². The molecule has 0 aromatic heterocycles. The molecule has 0 heterocycles. The van der Waals surface area contributed by atoms with Gasteiger partial charge < -0.3 is 9.84 Å². The summed E-state index contributed by atoms with van der Waals surface area (Å²) in [5, 5.41) is 9.67. The highest BCUT2D eigenvalue weighted by atomic mass is 16.5. The van der Waals surface area contributed by atoms with Crippen molar-refractivity contribution in [2.75, 3.05) is 7.11 Å². The molecule has 118 valence electrons. The van der Waals surface area contributed by atoms with Crippen molar-refractivity contribution in [3.05, 3.63) is 29.8 Å². The molecule has 0 aliphatic carbocycles. The fourth-order valence-corrected chi connectivity index (χ4v) is 2.42. The Bertz CT molecular complexity index is 429. The van der Waals surface area contributed by atoms with Crippen molar-refractivity contribution in [3.8, 4) is 5.75 Å². The largest absolute Gasteiger partial charge is 0.497 e. The lowest BCUT2D eigenvalue weighted by molar-refractivity contribution is -0.119. The summed E-state index contributed by atoms with van der Waals surface area (Å²) >= 11 is 0. The van der Waals surface area contributed by atoms with Crippen LogP contribution in [0.3, 0.4) is 0 Å². The highest BCUT2D eigenvalue weighted by molar-refractivity contribution is 5.81. The molecule has 21 heavy (non-hydrogen) atoms. The predicted octanol–water partition coefficient (Wildman–Crippen LogP) is 3.77. The molecule has 0 spiro atoms. The van der Waals surface area contributed by atoms with Gasteiger partial charge in [0.15, 0.2) is 0 Å². The van der Waals surface area contributed by atoms with Gasteiger partial charge in [-0.1, -0.05) is 31.9 Å². The van der Waals surface area contributed by atoms with Gasteiger partial charge in [0.1, 0.15) is 11.5 Å². The van der Waals surface area contributed by atoms with E-state index in [-0.39, 0.29) is 5.78 Å². The van der Waals surface area contributed by atoms with Gasteiger partial charge in [-0.25, -0.2) is 0 Å². The number of ether oxygens (including phenoxy) is 1. The predicted molar refractivity (Wildman–Crippen MR) is 85.6 cm³/mol. The average Bonchev–Trinajstić information content (AvgIpc) is 2.37. The minimum absolute atomic E-state index is 0.274. The summed E-state index contributed by atoms with van der Waals surface area (Å²) in [5.74, 6) is 1.46. The Morgan fingerprint density at radius 3 is 2.43 bits per heavy atom. The maximum Gasteiger partial charge on any atom is 0.137 e. The smallest absolute Gasteiger partial charge is 0.137 e. The van der Waals surface area contributed by atoms with Crippen molar-refractivity contribution in [1.82, 2.24) is 0 Å². The maximum atomic E-state index is 12.1. The van der Waals surface area contributed by atoms with Gasteiger partial charge in [0.05, 0.1) is 12.7 Å². The van der Waals surface area contributed by atoms with Crippen molar-refractivity contribution >= 4 is 5.78 Å². The normalized spacial score (nSPS) is 13.0. The summed E-state index contributed by atoms with van der Waals surface area (Å²) < 4.78 is 5.11. The molecule has 1 aromatic rings. The molecule has 0 saturated carbocycles. The summed E-state index contributed by atoms with van der Waals surface area (Å²) in [6.07, 6.45) is 3.82. The minimum Gasteiger partial charge on any atom is -0.497 e. The fourth-order valence-electron chi connectivity index (χ4n) is 2.42. The second kappa shape index (κ2) is 8.18. The van der Waals surface area contributed by atoms with Crippen LogP contribution in [-0.2, 0) is 11.2 Å². The van der Waals surface area contributed by atoms with E-state index >= 15 is 0 Å². The van der Waals surface area contributed by atoms with Crippen LogP contribution >= 0.6 is 0 Å². The number of carbonyl (C=O) groups excluding carboxylic acids is 1. The van der Waals surface area contributed by atoms with Crippen molar-refractivity contribution in [1.29, 1.82) is 0 Å². The summed E-state index contributed by atoms with van der Waals surface area (Å²) in [5.41, 5.74) is 0.428. The van der Waals surface area contributed by atoms with Gasteiger partial charge in [0.2, 0.25) is 0 Å². The van der Waals surface area contributed by atoms with E-state index in [1.807, 2.05) is 38.1 Å². The molecule has 3 heteroatoms. The van der Waals surface area contributed by atoms with Crippen LogP contribution < -0.4 is 4.74 Å². The number of ketones is 1. The zero-order valence-corrected chi connectivity index (χ0v) is 13.7. The first kappa shape index (κ1) is 17.7. The molecule has 1 N–H and O–H groups in total. The number of methoxy groups -OCH3 is 1. The van der Waals surface area contributed by atoms with Crippen LogP contribution in [0, 0.1) is 5.92 Å². The van der Waals surface area contributed by atoms with Crippen LogP contribution in [0.5, 0.6) is 5.75 Å². The summed E-state index contributed by atoms with van der Waals surface area (Å²) in [7, 11) is 1.63. The number of aliphatic hydroxyl groups is 1. The molecule has 0 radical (unpaired) electrons. The van der Waals surface area contributed by atoms with Crippen LogP contribution in [-0.4, -0.2) is 23.6 Å². The first-order valence-electron chi connectivity index (χ1n) is 7.67. The number of hydrogen-bond acceptors (Lipinski definition) is 3. The van der Waals surface area contributed by atoms with Crippen LogP contribution in [0.2, 0.25) is 0 Å². The van der Waals surface area contributed by atoms with E-state index in [1.165, 1.54) is 0 Å². The van der Waals surface area contributed by atoms with Crippen molar-refractivity contribution in [2.45, 2.75) is 58.5 Å². The highest BCUT2D eigenvalue weighted by Crippen LogP contribution is 2.19. The molecular formula is C18H28O3. The topological polar surface area (TPSA) is 46.5 Å². The Balaban J connectivity index is 2.31. The van der Waals surface area contributed by atoms with E-state index in [2.05, 4.69) is 6.92 Å². The third kappa shape index (κ3) is 7.86. The Hall–Kier alpha value is -1.35. The third-order valence-corrected chi connectivity index (χ3v) is 3.62. The van der Waals surface area contributed by atoms with Gasteiger partial charge >= 0.3 is 0 Å². The van der Waals surface area contributed by atoms with E-state index in [0.29, 0.717) is 18.8 Å². The fraction of sp³-hybridized carbons (Fsp3) is 0.611. The van der Waals surface area contributed by atoms with Crippen molar-refractivity contribution < 1.29 is 14.6 Å². The molecule has 0 amide bonds. The van der Waals surface area contributed by atoms with Gasteiger partial charge in [0.25, 0.3) is 0 Å². The van der Waals surface area contributed by atoms with Gasteiger partial charge in [0, 0.05) is 12.8 Å². The molecule has 0 saturated heterocycles. The molecule has 0 bridgehead atoms. The number of Topliss-reactive ketones (excluding diaryl/α,β-unsaturated/α-hetero) is 1. The number of hydrogen-bond donors (Lipinski definition) is 1. The Kier molecular flexibility index (Phi) is 6.90. The summed E-state index contributed by atoms with van der Waals surface area (Å²) in [6, 6.07) is 7.65. The average molecular weight is 292 g/mol. The molecule has 3 nitrogen and oxygen atoms in total. The number of carbonyl (C=O) groups is 1. The van der Waals surface area contributed by atoms with E-state index < -0.39 is 5.60 Å². The summed E-state index contributed by atoms with van der Waals surface area (Å²) in [6.45, 7) is 5.76. The maximum absolute atomic E-state index is 12.1. The van der Waals surface area contributed by atoms with Crippen LogP contribution in [0.1, 0.15) is 52.0 Å². The molecule has 0 aliphatic rings. The SMILES string of the molecule is COc1ccc(CC(=O)CC(C)CCCC(C)(C)O)cc1. The van der Waals surface area contributed by atoms with E-state index in [1.54, 1.807) is 7.11 Å². The molecular weight excluding hydrogens is 264 g/mol. The van der Waals surface area contributed by atoms with E-state index in [9.17, 15) is 9.90 Å². The Morgan fingerprint density at radius 2 is 1.90 bits per heavy atom. The molecule has 1 unspecified atom stereocenters. The van der Waals surface area contributed by atoms with Gasteiger partial charge in [-0.05, 0) is 43.9 Å². The molecule has 1 aromatic carbocycles. The molecule has 0 fully saturated rings. The zero-order valence-electron chi connectivity index (χ0n) is 13.7. The molecule has 0 aliphatic heterocycles. The third-order valence-electron chi connectivity index (χ3n) is 3.62. The second-order valence-electron chi connectivity index (χ2n) is 6.58. The van der Waals surface area contributed by atoms with Gasteiger partial charge in [-0.15, -0.1) is 0 Å². The standard InChI is InChI=1S/C18H28O3/c1-14(6-5-11-18(2,3)20)12-16(19)13-15-7-9-17(21-4)10-8-15/h7-10,14,20H,5-6,11-13H2,1-4H3. The molecule has 1 rings (SSSR count). The van der Waals surface area contributed by atoms with E-state index in [4.69, 9.17) is 4.74 Å². The van der Waals surface area contributed by atoms with Crippen molar-refractivity contribution in [3.63, 3.8) is 0 Å². The summed E-state index contributed by atoms with van der Waals surface area (Å²) in [4.78, 5) is 12.1. The number of rotatable bonds is 9. The van der Waals surface area contributed by atoms with Crippen LogP contribution in [0.4, 0.5) is 0 Å². The minimum atomic E-state index is -0.604. The van der Waals surface area contributed by atoms with Crippen LogP contribution in [0.15, 0.2) is 24.3 Å². The Labute approximate surface area is 128 Å². The quantitative estimate of drug-likeness (QED) is 0.753. The lowest BCUT2D eigenvalue weighted by atomic mass is 9.92. The first-order valence-corrected chi connectivity index (χ1v) is 7.67. The first-order chi connectivity index (χ1) is 9.80. The Morgan fingerprint density at radius 1 is 1.29 bits per heavy atom. The monoisotopic (exact) mass is 292 g/mol. The molecule has 1 atom stereocenters. The van der Waals surface area contributed by atoms with E-state index in [0.717, 1.165) is 30.6 Å². The van der Waals surface area contributed by atoms with Gasteiger partial charge in [-0.2, -0.15) is 0 Å². The zero-order chi connectivity index (χ0) is 15.9.